The van der Waals surface area contributed by atoms with Gasteiger partial charge in [0.05, 0.1) is 0 Å². The van der Waals surface area contributed by atoms with Crippen LogP contribution in [0.4, 0.5) is 0 Å². The van der Waals surface area contributed by atoms with Crippen molar-refractivity contribution in [2.45, 2.75) is 46.0 Å². The Labute approximate surface area is 109 Å². The second-order valence-electron chi connectivity index (χ2n) is 4.77. The molecule has 0 aliphatic heterocycles. The number of unbranched alkanes of at least 4 members (excludes halogenated alkanes) is 2. The number of ketones is 1. The largest absolute Gasteiger partial charge is 0.299 e. The zero-order valence-electron chi connectivity index (χ0n) is 10.8. The topological polar surface area (TPSA) is 17.1 Å². The SMILES string of the molecule is CC(C)/C=C\CCCCC(=O)Cc1ccsc1. The molecule has 0 aliphatic rings. The summed E-state index contributed by atoms with van der Waals surface area (Å²) in [5.74, 6) is 1.01. The van der Waals surface area contributed by atoms with Crippen molar-refractivity contribution in [2.75, 3.05) is 0 Å². The second-order valence-corrected chi connectivity index (χ2v) is 5.55. The van der Waals surface area contributed by atoms with E-state index < -0.39 is 0 Å². The van der Waals surface area contributed by atoms with Gasteiger partial charge in [-0.25, -0.2) is 0 Å². The lowest BCUT2D eigenvalue weighted by atomic mass is 10.1. The van der Waals surface area contributed by atoms with E-state index in [0.717, 1.165) is 25.7 Å². The maximum atomic E-state index is 11.6. The number of hydrogen-bond donors (Lipinski definition) is 0. The van der Waals surface area contributed by atoms with Crippen molar-refractivity contribution in [2.24, 2.45) is 5.92 Å². The fourth-order valence-electron chi connectivity index (χ4n) is 1.66. The van der Waals surface area contributed by atoms with E-state index in [9.17, 15) is 4.79 Å². The molecule has 0 atom stereocenters. The molecule has 0 fully saturated rings. The van der Waals surface area contributed by atoms with E-state index in [-0.39, 0.29) is 0 Å². The summed E-state index contributed by atoms with van der Waals surface area (Å²) in [6, 6.07) is 2.04. The quantitative estimate of drug-likeness (QED) is 0.485. The molecule has 2 heteroatoms. The summed E-state index contributed by atoms with van der Waals surface area (Å²) in [7, 11) is 0. The smallest absolute Gasteiger partial charge is 0.137 e. The molecule has 17 heavy (non-hydrogen) atoms. The van der Waals surface area contributed by atoms with Gasteiger partial charge in [0.1, 0.15) is 5.78 Å². The van der Waals surface area contributed by atoms with Gasteiger partial charge in [-0.1, -0.05) is 26.0 Å². The molecule has 0 saturated heterocycles. The Morgan fingerprint density at radius 2 is 2.24 bits per heavy atom. The molecule has 0 aliphatic carbocycles. The van der Waals surface area contributed by atoms with Crippen LogP contribution >= 0.6 is 11.3 Å². The van der Waals surface area contributed by atoms with E-state index >= 15 is 0 Å². The average Bonchev–Trinajstić information content (AvgIpc) is 2.75. The molecule has 94 valence electrons. The third kappa shape index (κ3) is 7.11. The Hall–Kier alpha value is -0.890. The first kappa shape index (κ1) is 14.2. The van der Waals surface area contributed by atoms with Gasteiger partial charge >= 0.3 is 0 Å². The number of hydrogen-bond acceptors (Lipinski definition) is 2. The third-order valence-electron chi connectivity index (χ3n) is 2.58. The lowest BCUT2D eigenvalue weighted by molar-refractivity contribution is -0.118. The zero-order chi connectivity index (χ0) is 12.5. The molecule has 1 rings (SSSR count). The van der Waals surface area contributed by atoms with Crippen LogP contribution < -0.4 is 0 Å². The fourth-order valence-corrected chi connectivity index (χ4v) is 2.33. The van der Waals surface area contributed by atoms with E-state index in [0.29, 0.717) is 18.1 Å². The van der Waals surface area contributed by atoms with Crippen LogP contribution in [0.15, 0.2) is 29.0 Å². The molecule has 1 nitrogen and oxygen atoms in total. The van der Waals surface area contributed by atoms with Crippen molar-refractivity contribution in [3.05, 3.63) is 34.5 Å². The van der Waals surface area contributed by atoms with Crippen LogP contribution in [0.3, 0.4) is 0 Å². The first-order chi connectivity index (χ1) is 8.18. The van der Waals surface area contributed by atoms with E-state index in [1.807, 2.05) is 11.4 Å². The maximum Gasteiger partial charge on any atom is 0.137 e. The van der Waals surface area contributed by atoms with E-state index in [1.165, 1.54) is 5.56 Å². The van der Waals surface area contributed by atoms with Crippen molar-refractivity contribution in [3.8, 4) is 0 Å². The standard InChI is InChI=1S/C15H22OS/c1-13(2)7-5-3-4-6-8-15(16)11-14-9-10-17-12-14/h5,7,9-10,12-13H,3-4,6,8,11H2,1-2H3/b7-5-. The molecule has 0 spiro atoms. The highest BCUT2D eigenvalue weighted by molar-refractivity contribution is 7.07. The summed E-state index contributed by atoms with van der Waals surface area (Å²) in [5.41, 5.74) is 1.17. The van der Waals surface area contributed by atoms with Gasteiger partial charge in [-0.2, -0.15) is 11.3 Å². The normalized spacial score (nSPS) is 11.5. The first-order valence-corrected chi connectivity index (χ1v) is 7.32. The molecule has 0 N–H and O–H groups in total. The molecule has 1 heterocycles. The number of rotatable bonds is 8. The van der Waals surface area contributed by atoms with Gasteiger partial charge in [0, 0.05) is 12.8 Å². The minimum atomic E-state index is 0.372. The summed E-state index contributed by atoms with van der Waals surface area (Å²) in [5, 5.41) is 4.09. The molecular formula is C15H22OS. The Morgan fingerprint density at radius 3 is 2.88 bits per heavy atom. The number of thiophene rings is 1. The van der Waals surface area contributed by atoms with Crippen LogP contribution in [0.25, 0.3) is 0 Å². The van der Waals surface area contributed by atoms with E-state index in [4.69, 9.17) is 0 Å². The molecule has 0 unspecified atom stereocenters. The highest BCUT2D eigenvalue weighted by atomic mass is 32.1. The molecule has 0 radical (unpaired) electrons. The Balaban J connectivity index is 2.05. The summed E-state index contributed by atoms with van der Waals surface area (Å²) < 4.78 is 0. The Kier molecular flexibility index (Phi) is 6.87. The highest BCUT2D eigenvalue weighted by Crippen LogP contribution is 2.10. The van der Waals surface area contributed by atoms with Crippen molar-refractivity contribution < 1.29 is 4.79 Å². The van der Waals surface area contributed by atoms with Gasteiger partial charge in [0.15, 0.2) is 0 Å². The van der Waals surface area contributed by atoms with Crippen molar-refractivity contribution in [1.29, 1.82) is 0 Å². The van der Waals surface area contributed by atoms with E-state index in [2.05, 4.69) is 31.4 Å². The third-order valence-corrected chi connectivity index (χ3v) is 3.31. The van der Waals surface area contributed by atoms with Gasteiger partial charge in [0.25, 0.3) is 0 Å². The molecular weight excluding hydrogens is 228 g/mol. The number of allylic oxidation sites excluding steroid dienone is 2. The Morgan fingerprint density at radius 1 is 1.41 bits per heavy atom. The molecule has 0 aromatic carbocycles. The van der Waals surface area contributed by atoms with Gasteiger partial charge in [0.2, 0.25) is 0 Å². The van der Waals surface area contributed by atoms with E-state index in [1.54, 1.807) is 11.3 Å². The van der Waals surface area contributed by atoms with Gasteiger partial charge in [-0.05, 0) is 47.6 Å². The van der Waals surface area contributed by atoms with Crippen LogP contribution in [0.2, 0.25) is 0 Å². The number of Topliss-reactive ketones (excluding diaryl/α,β-unsaturated/α-hetero) is 1. The van der Waals surface area contributed by atoms with Crippen LogP contribution in [-0.4, -0.2) is 5.78 Å². The Bertz CT molecular complexity index is 336. The summed E-state index contributed by atoms with van der Waals surface area (Å²) in [4.78, 5) is 11.6. The second kappa shape index (κ2) is 8.24. The predicted octanol–water partition coefficient (Wildman–Crippen LogP) is 4.63. The van der Waals surface area contributed by atoms with Crippen LogP contribution in [0.5, 0.6) is 0 Å². The van der Waals surface area contributed by atoms with Crippen molar-refractivity contribution >= 4 is 17.1 Å². The van der Waals surface area contributed by atoms with Gasteiger partial charge < -0.3 is 0 Å². The molecule has 1 aromatic heterocycles. The molecule has 0 amide bonds. The summed E-state index contributed by atoms with van der Waals surface area (Å²) in [6.45, 7) is 4.36. The van der Waals surface area contributed by atoms with Gasteiger partial charge in [-0.3, -0.25) is 4.79 Å². The maximum absolute atomic E-state index is 11.6. The first-order valence-electron chi connectivity index (χ1n) is 6.38. The van der Waals surface area contributed by atoms with Crippen molar-refractivity contribution in [1.82, 2.24) is 0 Å². The molecule has 1 aromatic rings. The minimum absolute atomic E-state index is 0.372. The highest BCUT2D eigenvalue weighted by Gasteiger charge is 2.03. The number of carbonyl (C=O) groups excluding carboxylic acids is 1. The van der Waals surface area contributed by atoms with Gasteiger partial charge in [-0.15, -0.1) is 0 Å². The lowest BCUT2D eigenvalue weighted by Gasteiger charge is -1.99. The zero-order valence-corrected chi connectivity index (χ0v) is 11.6. The molecule has 0 saturated carbocycles. The average molecular weight is 250 g/mol. The summed E-state index contributed by atoms with van der Waals surface area (Å²) >= 11 is 1.66. The van der Waals surface area contributed by atoms with Crippen LogP contribution in [0, 0.1) is 5.92 Å². The van der Waals surface area contributed by atoms with Crippen LogP contribution in [-0.2, 0) is 11.2 Å². The van der Waals surface area contributed by atoms with Crippen LogP contribution in [0.1, 0.15) is 45.1 Å². The number of carbonyl (C=O) groups is 1. The monoisotopic (exact) mass is 250 g/mol. The summed E-state index contributed by atoms with van der Waals surface area (Å²) in [6.07, 6.45) is 9.05. The predicted molar refractivity (Wildman–Crippen MR) is 75.5 cm³/mol. The fraction of sp³-hybridized carbons (Fsp3) is 0.533. The molecule has 0 bridgehead atoms. The lowest BCUT2D eigenvalue weighted by Crippen LogP contribution is -2.01. The van der Waals surface area contributed by atoms with Crippen molar-refractivity contribution in [3.63, 3.8) is 0 Å². The minimum Gasteiger partial charge on any atom is -0.299 e.